The zero-order valence-corrected chi connectivity index (χ0v) is 32.7. The van der Waals surface area contributed by atoms with Crippen LogP contribution >= 0.6 is 0 Å². The van der Waals surface area contributed by atoms with E-state index >= 15 is 0 Å². The van der Waals surface area contributed by atoms with Crippen LogP contribution < -0.4 is 20.4 Å². The predicted molar refractivity (Wildman–Crippen MR) is 241 cm³/mol. The zero-order chi connectivity index (χ0) is 39.6. The Kier molecular flexibility index (Phi) is 9.56. The number of para-hydroxylation sites is 4. The van der Waals surface area contributed by atoms with Crippen molar-refractivity contribution in [2.75, 3.05) is 48.6 Å². The molecule has 0 radical (unpaired) electrons. The van der Waals surface area contributed by atoms with Crippen LogP contribution in [0.5, 0.6) is 0 Å². The number of anilines is 8. The topological polar surface area (TPSA) is 86.5 Å². The van der Waals surface area contributed by atoms with E-state index < -0.39 is 0 Å². The van der Waals surface area contributed by atoms with Gasteiger partial charge < -0.3 is 25.3 Å². The maximum atomic E-state index is 5.14. The second kappa shape index (κ2) is 15.4. The maximum absolute atomic E-state index is 5.14. The monoisotopic (exact) mass is 758 g/mol. The fraction of sp³-hybridized carbons (Fsp3) is 0.0833. The molecule has 284 valence electrons. The van der Waals surface area contributed by atoms with Crippen molar-refractivity contribution in [1.82, 2.24) is 9.80 Å². The molecule has 3 aliphatic rings. The normalized spacial score (nSPS) is 14.1. The molecule has 0 unspecified atom stereocenters. The van der Waals surface area contributed by atoms with Crippen LogP contribution in [0, 0.1) is 0 Å². The van der Waals surface area contributed by atoms with E-state index in [1.165, 1.54) is 0 Å². The molecule has 0 amide bonds. The van der Waals surface area contributed by atoms with Crippen molar-refractivity contribution >= 4 is 69.0 Å². The lowest BCUT2D eigenvalue weighted by Crippen LogP contribution is -2.43. The van der Waals surface area contributed by atoms with Crippen molar-refractivity contribution in [2.24, 2.45) is 20.0 Å². The second-order valence-corrected chi connectivity index (χ2v) is 14.0. The summed E-state index contributed by atoms with van der Waals surface area (Å²) in [4.78, 5) is 29.0. The van der Waals surface area contributed by atoms with E-state index in [9.17, 15) is 0 Å². The van der Waals surface area contributed by atoms with Crippen molar-refractivity contribution in [3.05, 3.63) is 193 Å². The van der Waals surface area contributed by atoms with E-state index in [-0.39, 0.29) is 0 Å². The van der Waals surface area contributed by atoms with Gasteiger partial charge in [-0.2, -0.15) is 9.98 Å². The van der Waals surface area contributed by atoms with Gasteiger partial charge in [0.15, 0.2) is 11.7 Å². The molecule has 9 rings (SSSR count). The highest BCUT2D eigenvalue weighted by molar-refractivity contribution is 6.26. The third-order valence-corrected chi connectivity index (χ3v) is 10.2. The predicted octanol–water partition coefficient (Wildman–Crippen LogP) is 10.3. The summed E-state index contributed by atoms with van der Waals surface area (Å²) < 4.78 is 0. The minimum absolute atomic E-state index is 0.493. The van der Waals surface area contributed by atoms with Crippen LogP contribution in [-0.2, 0) is 0 Å². The summed E-state index contributed by atoms with van der Waals surface area (Å²) in [7, 11) is 7.89. The summed E-state index contributed by atoms with van der Waals surface area (Å²) >= 11 is 0. The van der Waals surface area contributed by atoms with Crippen LogP contribution in [0.15, 0.2) is 201 Å². The number of amidine groups is 3. The molecule has 0 saturated heterocycles. The van der Waals surface area contributed by atoms with Gasteiger partial charge in [-0.15, -0.1) is 0 Å². The van der Waals surface area contributed by atoms with Crippen molar-refractivity contribution in [3.63, 3.8) is 0 Å². The van der Waals surface area contributed by atoms with E-state index in [1.807, 2.05) is 69.5 Å². The summed E-state index contributed by atoms with van der Waals surface area (Å²) in [5.74, 6) is 2.98. The van der Waals surface area contributed by atoms with Gasteiger partial charge in [0.1, 0.15) is 11.7 Å². The second-order valence-electron chi connectivity index (χ2n) is 14.0. The number of hydrogen-bond donors (Lipinski definition) is 2. The summed E-state index contributed by atoms with van der Waals surface area (Å²) in [6, 6.07) is 54.2. The molecule has 0 bridgehead atoms. The average molecular weight is 759 g/mol. The van der Waals surface area contributed by atoms with E-state index in [0.717, 1.165) is 62.3 Å². The molecule has 6 aromatic rings. The highest BCUT2D eigenvalue weighted by Gasteiger charge is 2.34. The number of allylic oxidation sites excluding steroid dienone is 1. The Morgan fingerprint density at radius 3 is 1.29 bits per heavy atom. The number of benzene rings is 6. The van der Waals surface area contributed by atoms with Crippen LogP contribution in [0.25, 0.3) is 0 Å². The lowest BCUT2D eigenvalue weighted by Gasteiger charge is -2.34. The van der Waals surface area contributed by atoms with Gasteiger partial charge in [-0.1, -0.05) is 72.8 Å². The van der Waals surface area contributed by atoms with Gasteiger partial charge in [0, 0.05) is 103 Å². The molecule has 58 heavy (non-hydrogen) atoms. The summed E-state index contributed by atoms with van der Waals surface area (Å²) in [5, 5.41) is 6.86. The van der Waals surface area contributed by atoms with Gasteiger partial charge in [-0.25, -0.2) is 14.9 Å². The van der Waals surface area contributed by atoms with E-state index in [1.54, 1.807) is 0 Å². The van der Waals surface area contributed by atoms with Crippen LogP contribution in [0.3, 0.4) is 0 Å². The van der Waals surface area contributed by atoms with Crippen LogP contribution in [0.1, 0.15) is 11.1 Å². The zero-order valence-electron chi connectivity index (χ0n) is 32.7. The Bertz CT molecular complexity index is 2450. The summed E-state index contributed by atoms with van der Waals surface area (Å²) in [6.45, 7) is 0. The highest BCUT2D eigenvalue weighted by Crippen LogP contribution is 2.39. The van der Waals surface area contributed by atoms with E-state index in [2.05, 4.69) is 159 Å². The molecule has 3 heterocycles. The summed E-state index contributed by atoms with van der Waals surface area (Å²) in [5.41, 5.74) is 10.7. The molecule has 0 aliphatic carbocycles. The smallest absolute Gasteiger partial charge is 0.241 e. The number of nitrogens with zero attached hydrogens (tertiary/aromatic N) is 8. The molecule has 2 N–H and O–H groups in total. The first kappa shape index (κ1) is 35.9. The third kappa shape index (κ3) is 6.77. The maximum Gasteiger partial charge on any atom is 0.241 e. The van der Waals surface area contributed by atoms with Gasteiger partial charge in [0.25, 0.3) is 0 Å². The SMILES string of the molecule is CNc1cc(N(c2ccccc2)c2ccccc2)ccc1C1=NC2=CC(N(C)C)=CC3=NC(c4ccc(N(c5ccccc5)c5ccccc5)cc4NC)=NC(=N1)N23. The standard InChI is InChI=1S/C48H42N10/c1-49-42-29-37(56(33-17-9-5-10-18-33)34-19-11-6-12-20-34)25-27-40(42)46-51-44-31-39(55(3)4)32-45-52-47(54-48(53-46)58(44)45)41-28-26-38(30-43(41)50-2)57(35-21-13-7-14-22-35)36-23-15-8-16-24-36/h5-32,49-50H,1-4H3. The minimum Gasteiger partial charge on any atom is -0.387 e. The molecule has 3 aliphatic heterocycles. The molecular formula is C48H42N10. The largest absolute Gasteiger partial charge is 0.387 e. The molecular weight excluding hydrogens is 717 g/mol. The van der Waals surface area contributed by atoms with Crippen LogP contribution in [-0.4, -0.2) is 61.5 Å². The number of likely N-dealkylation sites (N-methyl/N-ethyl adjacent to an activating group) is 1. The Hall–Kier alpha value is -7.72. The molecule has 0 aromatic heterocycles. The first-order valence-electron chi connectivity index (χ1n) is 19.2. The third-order valence-electron chi connectivity index (χ3n) is 10.2. The van der Waals surface area contributed by atoms with Gasteiger partial charge in [0.2, 0.25) is 5.96 Å². The summed E-state index contributed by atoms with van der Waals surface area (Å²) in [6.07, 6.45) is 4.09. The number of nitrogens with one attached hydrogen (secondary N) is 2. The van der Waals surface area contributed by atoms with Crippen molar-refractivity contribution in [3.8, 4) is 0 Å². The van der Waals surface area contributed by atoms with Crippen LogP contribution in [0.4, 0.5) is 45.5 Å². The van der Waals surface area contributed by atoms with E-state index in [4.69, 9.17) is 20.0 Å². The molecule has 0 saturated carbocycles. The van der Waals surface area contributed by atoms with E-state index in [0.29, 0.717) is 29.3 Å². The number of rotatable bonds is 11. The number of aliphatic imine (C=N–C) groups is 4. The molecule has 6 aromatic carbocycles. The Morgan fingerprint density at radius 2 is 0.879 bits per heavy atom. The average Bonchev–Trinajstić information content (AvgIpc) is 3.27. The first-order valence-corrected chi connectivity index (χ1v) is 19.2. The van der Waals surface area contributed by atoms with Crippen molar-refractivity contribution in [1.29, 1.82) is 0 Å². The number of guanidine groups is 1. The fourth-order valence-corrected chi connectivity index (χ4v) is 7.35. The molecule has 0 atom stereocenters. The quantitative estimate of drug-likeness (QED) is 0.137. The lowest BCUT2D eigenvalue weighted by molar-refractivity contribution is 0.521. The lowest BCUT2D eigenvalue weighted by atomic mass is 10.1. The van der Waals surface area contributed by atoms with Crippen molar-refractivity contribution in [2.45, 2.75) is 0 Å². The molecule has 0 fully saturated rings. The molecule has 10 nitrogen and oxygen atoms in total. The van der Waals surface area contributed by atoms with Gasteiger partial charge >= 0.3 is 0 Å². The fourth-order valence-electron chi connectivity index (χ4n) is 7.35. The number of hydrogen-bond acceptors (Lipinski definition) is 10. The van der Waals surface area contributed by atoms with Gasteiger partial charge in [-0.05, 0) is 84.9 Å². The Balaban J connectivity index is 1.14. The van der Waals surface area contributed by atoms with Gasteiger partial charge in [0.05, 0.1) is 0 Å². The molecule has 0 spiro atoms. The first-order chi connectivity index (χ1) is 28.5. The Labute approximate surface area is 338 Å². The minimum atomic E-state index is 0.493. The molecule has 10 heteroatoms. The van der Waals surface area contributed by atoms with Crippen molar-refractivity contribution < 1.29 is 0 Å². The van der Waals surface area contributed by atoms with Gasteiger partial charge in [-0.3, -0.25) is 0 Å². The Morgan fingerprint density at radius 1 is 0.448 bits per heavy atom. The highest BCUT2D eigenvalue weighted by atomic mass is 15.4. The van der Waals surface area contributed by atoms with Crippen LogP contribution in [0.2, 0.25) is 0 Å².